The quantitative estimate of drug-likeness (QED) is 0.0803. The Kier molecular flexibility index (Phi) is 15.6. The molecule has 5 aliphatic carbocycles. The van der Waals surface area contributed by atoms with Crippen molar-refractivity contribution in [3.05, 3.63) is 11.6 Å². The van der Waals surface area contributed by atoms with Crippen molar-refractivity contribution in [2.75, 3.05) is 33.0 Å². The summed E-state index contributed by atoms with van der Waals surface area (Å²) in [4.78, 5) is 15.5. The summed E-state index contributed by atoms with van der Waals surface area (Å²) in [5.41, 5.74) is -4.27. The van der Waals surface area contributed by atoms with Crippen LogP contribution >= 0.6 is 0 Å². The topological polar surface area (TPSA) is 354 Å². The maximum absolute atomic E-state index is 15.5. The van der Waals surface area contributed by atoms with Crippen molar-refractivity contribution in [2.24, 2.45) is 50.2 Å². The molecule has 22 nitrogen and oxygen atoms in total. The molecule has 0 aromatic carbocycles. The summed E-state index contributed by atoms with van der Waals surface area (Å²) >= 11 is 0. The number of hydrogen-bond donors (Lipinski definition) is 13. The number of esters is 1. The normalized spacial score (nSPS) is 55.2. The molecule has 9 rings (SSSR count). The molecular formula is C52H84O22. The summed E-state index contributed by atoms with van der Waals surface area (Å²) in [5, 5.41) is 142. The highest BCUT2D eigenvalue weighted by Gasteiger charge is 2.71. The zero-order valence-corrected chi connectivity index (χ0v) is 43.6. The molecule has 0 radical (unpaired) electrons. The van der Waals surface area contributed by atoms with Gasteiger partial charge in [0.25, 0.3) is 0 Å². The minimum Gasteiger partial charge on any atom is -0.432 e. The van der Waals surface area contributed by atoms with Gasteiger partial charge < -0.3 is 104 Å². The summed E-state index contributed by atoms with van der Waals surface area (Å²) < 4.78 is 47.9. The van der Waals surface area contributed by atoms with Crippen LogP contribution in [0.1, 0.15) is 106 Å². The Balaban J connectivity index is 1.00. The maximum Gasteiger partial charge on any atom is 0.315 e. The lowest BCUT2D eigenvalue weighted by Crippen LogP contribution is -2.68. The zero-order valence-electron chi connectivity index (χ0n) is 43.6. The fourth-order valence-electron chi connectivity index (χ4n) is 16.0. The zero-order chi connectivity index (χ0) is 54.0. The Morgan fingerprint density at radius 1 is 0.662 bits per heavy atom. The molecule has 0 amide bonds. The van der Waals surface area contributed by atoms with Crippen molar-refractivity contribution < 1.29 is 109 Å². The predicted molar refractivity (Wildman–Crippen MR) is 252 cm³/mol. The molecule has 13 N–H and O–H groups in total. The first kappa shape index (κ1) is 57.1. The van der Waals surface area contributed by atoms with Crippen LogP contribution in [0, 0.1) is 50.2 Å². The Bertz CT molecular complexity index is 2060. The van der Waals surface area contributed by atoms with Gasteiger partial charge in [-0.15, -0.1) is 0 Å². The van der Waals surface area contributed by atoms with Crippen molar-refractivity contribution in [1.82, 2.24) is 0 Å². The smallest absolute Gasteiger partial charge is 0.315 e. The molecule has 4 saturated carbocycles. The average Bonchev–Trinajstić information content (AvgIpc) is 3.64. The Hall–Kier alpha value is -1.59. The predicted octanol–water partition coefficient (Wildman–Crippen LogP) is -1.78. The summed E-state index contributed by atoms with van der Waals surface area (Å²) in [5.74, 6) is -0.898. The van der Waals surface area contributed by atoms with E-state index < -0.39 is 170 Å². The van der Waals surface area contributed by atoms with Crippen molar-refractivity contribution in [1.29, 1.82) is 0 Å². The molecule has 4 saturated heterocycles. The molecule has 0 aromatic heterocycles. The molecule has 424 valence electrons. The summed E-state index contributed by atoms with van der Waals surface area (Å²) in [6.45, 7) is 11.6. The summed E-state index contributed by atoms with van der Waals surface area (Å²) in [7, 11) is 0. The van der Waals surface area contributed by atoms with Crippen molar-refractivity contribution in [3.8, 4) is 0 Å². The van der Waals surface area contributed by atoms with Crippen molar-refractivity contribution in [2.45, 2.75) is 222 Å². The van der Waals surface area contributed by atoms with E-state index in [1.807, 2.05) is 6.92 Å². The van der Waals surface area contributed by atoms with Gasteiger partial charge in [-0.05, 0) is 104 Å². The van der Waals surface area contributed by atoms with Crippen LogP contribution in [0.3, 0.4) is 0 Å². The Morgan fingerprint density at radius 2 is 1.34 bits per heavy atom. The lowest BCUT2D eigenvalue weighted by Gasteiger charge is -2.71. The molecule has 0 unspecified atom stereocenters. The lowest BCUT2D eigenvalue weighted by molar-refractivity contribution is -0.385. The number of ether oxygens (including phenoxy) is 8. The molecule has 4 aliphatic heterocycles. The number of hydrogen-bond acceptors (Lipinski definition) is 22. The second kappa shape index (κ2) is 20.2. The molecule has 9 aliphatic rings. The third-order valence-corrected chi connectivity index (χ3v) is 20.8. The van der Waals surface area contributed by atoms with Crippen molar-refractivity contribution in [3.63, 3.8) is 0 Å². The number of fused-ring (bicyclic) bond motifs is 7. The fourth-order valence-corrected chi connectivity index (χ4v) is 16.0. The van der Waals surface area contributed by atoms with E-state index in [1.165, 1.54) is 6.92 Å². The second-order valence-electron chi connectivity index (χ2n) is 25.5. The highest BCUT2D eigenvalue weighted by Crippen LogP contribution is 2.76. The van der Waals surface area contributed by atoms with E-state index in [0.29, 0.717) is 44.9 Å². The highest BCUT2D eigenvalue weighted by atomic mass is 16.8. The Labute approximate surface area is 431 Å². The Morgan fingerprint density at radius 3 is 2.00 bits per heavy atom. The van der Waals surface area contributed by atoms with E-state index in [2.05, 4.69) is 40.7 Å². The first-order valence-electron chi connectivity index (χ1n) is 26.7. The minimum atomic E-state index is -2.16. The largest absolute Gasteiger partial charge is 0.432 e. The molecule has 74 heavy (non-hydrogen) atoms. The van der Waals surface area contributed by atoms with Crippen LogP contribution in [0.5, 0.6) is 0 Å². The van der Waals surface area contributed by atoms with Gasteiger partial charge in [-0.2, -0.15) is 0 Å². The molecule has 8 fully saturated rings. The highest BCUT2D eigenvalue weighted by molar-refractivity contribution is 5.79. The number of allylic oxidation sites excluding steroid dienone is 2. The third kappa shape index (κ3) is 8.88. The average molecular weight is 1060 g/mol. The van der Waals surface area contributed by atoms with Crippen LogP contribution in [-0.4, -0.2) is 222 Å². The van der Waals surface area contributed by atoms with Gasteiger partial charge >= 0.3 is 5.97 Å². The standard InChI is InChI=1S/C52H84O22/c1-23-36(71-41-34(61)31(58)27(57)19-67-41)37(72-44-40(64)52(66,21-55)22-68-44)35(62)42(69-23)73-38-33(60)32(59)28(18-53)70-43(38)74-45(65)51-14-12-46(2,3)16-25(51)24-8-9-30-47(4)17-26(56)39(63)48(5,20-54)29(47)10-11-50(30,7)49(24,6)13-15-51/h8,23,25-44,53-64,66H,9-22H2,1-7H3/t23-,25-,26-,27+,28+,29+,30+,31-,32+,33-,34+,35+,36-,37-,38+,39-,40-,41-,42-,43-,44-,47-,48-,49+,50+,51-,52+/m0/s1. The van der Waals surface area contributed by atoms with Crippen LogP contribution < -0.4 is 0 Å². The molecule has 4 heterocycles. The van der Waals surface area contributed by atoms with Crippen molar-refractivity contribution >= 4 is 5.97 Å². The number of aliphatic hydroxyl groups excluding tert-OH is 12. The number of aliphatic hydroxyl groups is 13. The third-order valence-electron chi connectivity index (χ3n) is 20.8. The lowest BCUT2D eigenvalue weighted by atomic mass is 9.33. The second-order valence-corrected chi connectivity index (χ2v) is 25.5. The van der Waals surface area contributed by atoms with E-state index in [0.717, 1.165) is 18.4 Å². The van der Waals surface area contributed by atoms with E-state index >= 15 is 4.79 Å². The van der Waals surface area contributed by atoms with Crippen LogP contribution in [0.25, 0.3) is 0 Å². The van der Waals surface area contributed by atoms with E-state index in [1.54, 1.807) is 0 Å². The van der Waals surface area contributed by atoms with E-state index in [9.17, 15) is 66.4 Å². The van der Waals surface area contributed by atoms with Gasteiger partial charge in [0.05, 0.1) is 56.8 Å². The molecule has 0 aromatic rings. The molecular weight excluding hydrogens is 977 g/mol. The fraction of sp³-hybridized carbons (Fsp3) is 0.942. The number of carbonyl (C=O) groups excluding carboxylic acids is 1. The first-order valence-corrected chi connectivity index (χ1v) is 26.7. The molecule has 0 spiro atoms. The molecule has 27 atom stereocenters. The van der Waals surface area contributed by atoms with Gasteiger partial charge in [0.2, 0.25) is 6.29 Å². The monoisotopic (exact) mass is 1060 g/mol. The van der Waals surface area contributed by atoms with Gasteiger partial charge in [0.15, 0.2) is 25.0 Å². The van der Waals surface area contributed by atoms with E-state index in [-0.39, 0.29) is 35.2 Å². The minimum absolute atomic E-state index is 0.0428. The molecule has 22 heteroatoms. The van der Waals surface area contributed by atoms with Crippen LogP contribution in [0.2, 0.25) is 0 Å². The SMILES string of the molecule is C[C@@H]1O[C@@H](O[C@H]2[C@H](OC(=O)[C@]34CCC(C)(C)C[C@H]3C3=CC[C@@H]5[C@@]6(C)C[C@H](O)[C@H](O)[C@@](C)(CO)[C@@H]6CC[C@@]5(C)[C@]3(C)CC4)O[C@H](CO)[C@@H](O)[C@@H]2O)[C@H](O)[C@H](O[C@@H]2OC[C@](O)(CO)[C@H]2O)[C@H]1O[C@@H]1OC[C@@H](O)[C@H](O)[C@H]1O. The van der Waals surface area contributed by atoms with Gasteiger partial charge in [-0.25, -0.2) is 0 Å². The summed E-state index contributed by atoms with van der Waals surface area (Å²) in [6.07, 6.45) is -21.4. The first-order chi connectivity index (χ1) is 34.6. The summed E-state index contributed by atoms with van der Waals surface area (Å²) in [6, 6.07) is 0. The van der Waals surface area contributed by atoms with E-state index in [4.69, 9.17) is 37.9 Å². The molecule has 0 bridgehead atoms. The van der Waals surface area contributed by atoms with Gasteiger partial charge in [0.1, 0.15) is 66.6 Å². The van der Waals surface area contributed by atoms with Crippen LogP contribution in [0.4, 0.5) is 0 Å². The number of rotatable bonds is 11. The number of carbonyl (C=O) groups is 1. The van der Waals surface area contributed by atoms with Gasteiger partial charge in [-0.1, -0.05) is 53.2 Å². The van der Waals surface area contributed by atoms with Crippen LogP contribution in [0.15, 0.2) is 11.6 Å². The van der Waals surface area contributed by atoms with Gasteiger partial charge in [0, 0.05) is 5.41 Å². The maximum atomic E-state index is 15.5. The van der Waals surface area contributed by atoms with Crippen LogP contribution in [-0.2, 0) is 42.7 Å². The van der Waals surface area contributed by atoms with Gasteiger partial charge in [-0.3, -0.25) is 4.79 Å².